The first kappa shape index (κ1) is 14.8. The van der Waals surface area contributed by atoms with Crippen LogP contribution in [0.25, 0.3) is 0 Å². The summed E-state index contributed by atoms with van der Waals surface area (Å²) in [6, 6.07) is 1.94. The lowest BCUT2D eigenvalue weighted by Gasteiger charge is -2.16. The van der Waals surface area contributed by atoms with E-state index in [-0.39, 0.29) is 5.91 Å². The molecule has 2 heterocycles. The minimum Gasteiger partial charge on any atom is -0.350 e. The number of carbonyl (C=O) groups is 1. The van der Waals surface area contributed by atoms with Crippen molar-refractivity contribution in [1.29, 1.82) is 0 Å². The number of anilines is 1. The van der Waals surface area contributed by atoms with Crippen LogP contribution >= 0.6 is 0 Å². The molecule has 0 bridgehead atoms. The van der Waals surface area contributed by atoms with Crippen molar-refractivity contribution < 1.29 is 4.79 Å². The van der Waals surface area contributed by atoms with E-state index >= 15 is 0 Å². The SMILES string of the molecule is Cc1cc(CNC(=O)CC(C)C)nc(N2CCCC2)n1. The van der Waals surface area contributed by atoms with Gasteiger partial charge < -0.3 is 10.2 Å². The summed E-state index contributed by atoms with van der Waals surface area (Å²) in [5, 5.41) is 2.93. The second kappa shape index (κ2) is 6.68. The summed E-state index contributed by atoms with van der Waals surface area (Å²) < 4.78 is 0. The summed E-state index contributed by atoms with van der Waals surface area (Å²) in [6.07, 6.45) is 2.97. The highest BCUT2D eigenvalue weighted by Crippen LogP contribution is 2.16. The average Bonchev–Trinajstić information content (AvgIpc) is 2.89. The molecule has 1 saturated heterocycles. The summed E-state index contributed by atoms with van der Waals surface area (Å²) in [4.78, 5) is 23.0. The maximum atomic E-state index is 11.7. The standard InChI is InChI=1S/C15H24N4O/c1-11(2)8-14(20)16-10-13-9-12(3)17-15(18-13)19-6-4-5-7-19/h9,11H,4-8,10H2,1-3H3,(H,16,20). The van der Waals surface area contributed by atoms with E-state index < -0.39 is 0 Å². The van der Waals surface area contributed by atoms with Crippen LogP contribution in [0, 0.1) is 12.8 Å². The fourth-order valence-electron chi connectivity index (χ4n) is 2.40. The second-order valence-corrected chi connectivity index (χ2v) is 5.87. The Morgan fingerprint density at radius 1 is 1.35 bits per heavy atom. The minimum absolute atomic E-state index is 0.0824. The highest BCUT2D eigenvalue weighted by molar-refractivity contribution is 5.75. The van der Waals surface area contributed by atoms with Crippen LogP contribution < -0.4 is 10.2 Å². The number of nitrogens with one attached hydrogen (secondary N) is 1. The molecular weight excluding hydrogens is 252 g/mol. The van der Waals surface area contributed by atoms with Crippen LogP contribution in [0.2, 0.25) is 0 Å². The second-order valence-electron chi connectivity index (χ2n) is 5.87. The third-order valence-corrected chi connectivity index (χ3v) is 3.34. The van der Waals surface area contributed by atoms with Gasteiger partial charge in [0, 0.05) is 25.2 Å². The highest BCUT2D eigenvalue weighted by Gasteiger charge is 2.16. The van der Waals surface area contributed by atoms with E-state index in [2.05, 4.69) is 20.2 Å². The van der Waals surface area contributed by atoms with E-state index in [1.54, 1.807) is 0 Å². The molecule has 0 saturated carbocycles. The van der Waals surface area contributed by atoms with Crippen molar-refractivity contribution in [2.24, 2.45) is 5.92 Å². The number of hydrogen-bond donors (Lipinski definition) is 1. The van der Waals surface area contributed by atoms with Crippen molar-refractivity contribution in [1.82, 2.24) is 15.3 Å². The molecule has 0 spiro atoms. The molecule has 0 unspecified atom stereocenters. The average molecular weight is 276 g/mol. The molecule has 1 fully saturated rings. The third-order valence-electron chi connectivity index (χ3n) is 3.34. The maximum Gasteiger partial charge on any atom is 0.225 e. The quantitative estimate of drug-likeness (QED) is 0.894. The number of aryl methyl sites for hydroxylation is 1. The molecule has 1 aromatic heterocycles. The number of rotatable bonds is 5. The summed E-state index contributed by atoms with van der Waals surface area (Å²) in [5.74, 6) is 1.26. The Hall–Kier alpha value is -1.65. The molecule has 2 rings (SSSR count). The topological polar surface area (TPSA) is 58.1 Å². The predicted molar refractivity (Wildman–Crippen MR) is 79.5 cm³/mol. The van der Waals surface area contributed by atoms with Crippen molar-refractivity contribution in [3.8, 4) is 0 Å². The van der Waals surface area contributed by atoms with Gasteiger partial charge in [0.05, 0.1) is 12.2 Å². The van der Waals surface area contributed by atoms with E-state index in [4.69, 9.17) is 0 Å². The molecule has 1 amide bonds. The van der Waals surface area contributed by atoms with Gasteiger partial charge in [-0.1, -0.05) is 13.8 Å². The van der Waals surface area contributed by atoms with Gasteiger partial charge in [0.1, 0.15) is 0 Å². The van der Waals surface area contributed by atoms with Gasteiger partial charge in [-0.3, -0.25) is 4.79 Å². The number of hydrogen-bond acceptors (Lipinski definition) is 4. The van der Waals surface area contributed by atoms with Gasteiger partial charge in [-0.05, 0) is 31.7 Å². The van der Waals surface area contributed by atoms with Crippen LogP contribution in [0.3, 0.4) is 0 Å². The van der Waals surface area contributed by atoms with E-state index in [9.17, 15) is 4.79 Å². The fraction of sp³-hybridized carbons (Fsp3) is 0.667. The minimum atomic E-state index is 0.0824. The molecule has 0 atom stereocenters. The molecule has 0 aromatic carbocycles. The molecule has 1 aromatic rings. The molecule has 0 aliphatic carbocycles. The molecule has 0 radical (unpaired) electrons. The van der Waals surface area contributed by atoms with Crippen LogP contribution in [-0.4, -0.2) is 29.0 Å². The lowest BCUT2D eigenvalue weighted by molar-refractivity contribution is -0.121. The fourth-order valence-corrected chi connectivity index (χ4v) is 2.40. The van der Waals surface area contributed by atoms with E-state index in [0.29, 0.717) is 18.9 Å². The first-order valence-corrected chi connectivity index (χ1v) is 7.41. The van der Waals surface area contributed by atoms with Crippen molar-refractivity contribution in [3.05, 3.63) is 17.5 Å². The van der Waals surface area contributed by atoms with Gasteiger partial charge >= 0.3 is 0 Å². The first-order chi connectivity index (χ1) is 9.54. The summed E-state index contributed by atoms with van der Waals surface area (Å²) >= 11 is 0. The number of nitrogens with zero attached hydrogens (tertiary/aromatic N) is 3. The van der Waals surface area contributed by atoms with Crippen molar-refractivity contribution in [2.75, 3.05) is 18.0 Å². The Labute approximate surface area is 120 Å². The van der Waals surface area contributed by atoms with Gasteiger partial charge in [-0.15, -0.1) is 0 Å². The number of carbonyl (C=O) groups excluding carboxylic acids is 1. The molecule has 1 N–H and O–H groups in total. The lowest BCUT2D eigenvalue weighted by Crippen LogP contribution is -2.26. The van der Waals surface area contributed by atoms with E-state index in [1.165, 1.54) is 12.8 Å². The molecule has 110 valence electrons. The molecule has 1 aliphatic rings. The monoisotopic (exact) mass is 276 g/mol. The zero-order chi connectivity index (χ0) is 14.5. The van der Waals surface area contributed by atoms with Gasteiger partial charge in [0.25, 0.3) is 0 Å². The molecular formula is C15H24N4O. The Morgan fingerprint density at radius 2 is 2.05 bits per heavy atom. The summed E-state index contributed by atoms with van der Waals surface area (Å²) in [7, 11) is 0. The van der Waals surface area contributed by atoms with Gasteiger partial charge in [0.2, 0.25) is 11.9 Å². The maximum absolute atomic E-state index is 11.7. The molecule has 1 aliphatic heterocycles. The van der Waals surface area contributed by atoms with Crippen molar-refractivity contribution >= 4 is 11.9 Å². The largest absolute Gasteiger partial charge is 0.350 e. The Bertz CT molecular complexity index is 467. The molecule has 5 heteroatoms. The van der Waals surface area contributed by atoms with Crippen molar-refractivity contribution in [3.63, 3.8) is 0 Å². The lowest BCUT2D eigenvalue weighted by atomic mass is 10.1. The van der Waals surface area contributed by atoms with Crippen LogP contribution in [0.4, 0.5) is 5.95 Å². The van der Waals surface area contributed by atoms with E-state index in [1.807, 2.05) is 26.8 Å². The van der Waals surface area contributed by atoms with Crippen molar-refractivity contribution in [2.45, 2.75) is 46.6 Å². The van der Waals surface area contributed by atoms with Crippen LogP contribution in [0.5, 0.6) is 0 Å². The summed E-state index contributed by atoms with van der Waals surface area (Å²) in [5.41, 5.74) is 1.84. The first-order valence-electron chi connectivity index (χ1n) is 7.41. The Kier molecular flexibility index (Phi) is 4.93. The molecule has 20 heavy (non-hydrogen) atoms. The van der Waals surface area contributed by atoms with Crippen LogP contribution in [0.15, 0.2) is 6.07 Å². The van der Waals surface area contributed by atoms with Gasteiger partial charge in [0.15, 0.2) is 0 Å². The van der Waals surface area contributed by atoms with E-state index in [0.717, 1.165) is 30.4 Å². The van der Waals surface area contributed by atoms with Crippen LogP contribution in [0.1, 0.15) is 44.5 Å². The predicted octanol–water partition coefficient (Wildman–Crippen LogP) is 2.05. The van der Waals surface area contributed by atoms with Crippen LogP contribution in [-0.2, 0) is 11.3 Å². The smallest absolute Gasteiger partial charge is 0.225 e. The number of amides is 1. The zero-order valence-corrected chi connectivity index (χ0v) is 12.6. The normalized spacial score (nSPS) is 14.9. The third kappa shape index (κ3) is 4.18. The summed E-state index contributed by atoms with van der Waals surface area (Å²) in [6.45, 7) is 8.60. The highest BCUT2D eigenvalue weighted by atomic mass is 16.1. The van der Waals surface area contributed by atoms with Gasteiger partial charge in [-0.2, -0.15) is 0 Å². The Morgan fingerprint density at radius 3 is 2.70 bits per heavy atom. The Balaban J connectivity index is 1.99. The zero-order valence-electron chi connectivity index (χ0n) is 12.6. The number of aromatic nitrogens is 2. The molecule has 5 nitrogen and oxygen atoms in total. The van der Waals surface area contributed by atoms with Gasteiger partial charge in [-0.25, -0.2) is 9.97 Å².